The molecule has 0 aliphatic heterocycles. The van der Waals surface area contributed by atoms with Crippen molar-refractivity contribution in [2.75, 3.05) is 0 Å². The Labute approximate surface area is 163 Å². The Hall–Kier alpha value is -2.75. The Morgan fingerprint density at radius 3 is 1.97 bits per heavy atom. The predicted octanol–water partition coefficient (Wildman–Crippen LogP) is 6.22. The Balaban J connectivity index is 2.26. The molecular weight excluding hydrogens is 422 g/mol. The van der Waals surface area contributed by atoms with Crippen LogP contribution in [0.5, 0.6) is 0 Å². The standard InChI is InChI=1S/C19H10F6O3S/c20-18(21,22)16(26)13-8-14(17(27)19(23,24)25)15(12-6-2-1-5-11(12)13)29-9-10-4-3-7-28-10/h1-8H,9H2. The van der Waals surface area contributed by atoms with E-state index in [1.807, 2.05) is 0 Å². The van der Waals surface area contributed by atoms with E-state index >= 15 is 0 Å². The van der Waals surface area contributed by atoms with Crippen molar-refractivity contribution in [1.29, 1.82) is 0 Å². The van der Waals surface area contributed by atoms with Crippen LogP contribution in [-0.4, -0.2) is 23.9 Å². The van der Waals surface area contributed by atoms with Crippen LogP contribution in [0.25, 0.3) is 10.8 Å². The van der Waals surface area contributed by atoms with Gasteiger partial charge in [0.15, 0.2) is 0 Å². The summed E-state index contributed by atoms with van der Waals surface area (Å²) in [6.45, 7) is 0. The summed E-state index contributed by atoms with van der Waals surface area (Å²) in [5.74, 6) is -4.24. The number of furan rings is 1. The van der Waals surface area contributed by atoms with Crippen LogP contribution in [0.4, 0.5) is 26.3 Å². The molecule has 0 aliphatic carbocycles. The van der Waals surface area contributed by atoms with Gasteiger partial charge in [-0.25, -0.2) is 0 Å². The number of carbonyl (C=O) groups is 2. The van der Waals surface area contributed by atoms with Crippen LogP contribution in [0.2, 0.25) is 0 Å². The molecule has 0 spiro atoms. The number of hydrogen-bond acceptors (Lipinski definition) is 4. The van der Waals surface area contributed by atoms with Crippen molar-refractivity contribution >= 4 is 34.1 Å². The number of halogens is 6. The summed E-state index contributed by atoms with van der Waals surface area (Å²) >= 11 is 0.799. The average molecular weight is 432 g/mol. The van der Waals surface area contributed by atoms with Gasteiger partial charge in [0, 0.05) is 16.0 Å². The highest BCUT2D eigenvalue weighted by Gasteiger charge is 2.44. The molecule has 0 fully saturated rings. The van der Waals surface area contributed by atoms with E-state index in [-0.39, 0.29) is 21.4 Å². The fourth-order valence-corrected chi connectivity index (χ4v) is 3.80. The van der Waals surface area contributed by atoms with Crippen molar-refractivity contribution in [3.8, 4) is 0 Å². The minimum atomic E-state index is -5.33. The lowest BCUT2D eigenvalue weighted by atomic mass is 9.95. The van der Waals surface area contributed by atoms with Gasteiger partial charge in [-0.3, -0.25) is 9.59 Å². The number of Topliss-reactive ketones (excluding diaryl/α,β-unsaturated/α-hetero) is 2. The number of carbonyl (C=O) groups excluding carboxylic acids is 2. The van der Waals surface area contributed by atoms with Gasteiger partial charge in [-0.1, -0.05) is 24.3 Å². The summed E-state index contributed by atoms with van der Waals surface area (Å²) in [5, 5.41) is -0.262. The number of thioether (sulfide) groups is 1. The summed E-state index contributed by atoms with van der Waals surface area (Å²) < 4.78 is 83.4. The second-order valence-electron chi connectivity index (χ2n) is 5.87. The van der Waals surface area contributed by atoms with Crippen molar-refractivity contribution in [1.82, 2.24) is 0 Å². The average Bonchev–Trinajstić information content (AvgIpc) is 3.16. The van der Waals surface area contributed by atoms with Gasteiger partial charge in [-0.2, -0.15) is 26.3 Å². The molecule has 0 unspecified atom stereocenters. The maximum absolute atomic E-state index is 13.1. The maximum atomic E-state index is 13.1. The molecule has 2 aromatic carbocycles. The summed E-state index contributed by atoms with van der Waals surface area (Å²) in [7, 11) is 0. The molecule has 0 saturated carbocycles. The molecule has 1 aromatic heterocycles. The fraction of sp³-hybridized carbons (Fsp3) is 0.158. The molecule has 0 N–H and O–H groups in total. The smallest absolute Gasteiger partial charge is 0.454 e. The van der Waals surface area contributed by atoms with Crippen molar-refractivity contribution in [2.45, 2.75) is 23.0 Å². The number of benzene rings is 2. The van der Waals surface area contributed by atoms with Gasteiger partial charge in [0.1, 0.15) is 5.76 Å². The molecule has 3 nitrogen and oxygen atoms in total. The third-order valence-electron chi connectivity index (χ3n) is 3.94. The van der Waals surface area contributed by atoms with E-state index in [1.54, 1.807) is 12.1 Å². The van der Waals surface area contributed by atoms with Gasteiger partial charge in [0.2, 0.25) is 0 Å². The fourth-order valence-electron chi connectivity index (χ4n) is 2.70. The quantitative estimate of drug-likeness (QED) is 0.273. The first-order chi connectivity index (χ1) is 13.5. The first kappa shape index (κ1) is 21.0. The van der Waals surface area contributed by atoms with E-state index in [0.717, 1.165) is 11.8 Å². The zero-order valence-corrected chi connectivity index (χ0v) is 15.0. The number of fused-ring (bicyclic) bond motifs is 1. The molecule has 0 amide bonds. The molecule has 3 rings (SSSR count). The SMILES string of the molecule is O=C(c1cc(C(=O)C(F)(F)F)c2ccccc2c1SCc1ccco1)C(F)(F)F. The first-order valence-electron chi connectivity index (χ1n) is 7.94. The minimum Gasteiger partial charge on any atom is -0.468 e. The van der Waals surface area contributed by atoms with E-state index in [9.17, 15) is 35.9 Å². The van der Waals surface area contributed by atoms with Gasteiger partial charge in [0.05, 0.1) is 12.0 Å². The van der Waals surface area contributed by atoms with Gasteiger partial charge >= 0.3 is 12.4 Å². The third-order valence-corrected chi connectivity index (χ3v) is 5.10. The highest BCUT2D eigenvalue weighted by atomic mass is 32.2. The van der Waals surface area contributed by atoms with Crippen LogP contribution in [0, 0.1) is 0 Å². The molecule has 1 heterocycles. The van der Waals surface area contributed by atoms with E-state index in [0.29, 0.717) is 11.8 Å². The normalized spacial score (nSPS) is 12.3. The molecule has 0 radical (unpaired) electrons. The maximum Gasteiger partial charge on any atom is 0.454 e. The van der Waals surface area contributed by atoms with Crippen molar-refractivity contribution in [3.05, 3.63) is 65.6 Å². The topological polar surface area (TPSA) is 47.3 Å². The van der Waals surface area contributed by atoms with E-state index in [4.69, 9.17) is 4.42 Å². The van der Waals surface area contributed by atoms with E-state index in [2.05, 4.69) is 0 Å². The number of rotatable bonds is 5. The molecule has 0 atom stereocenters. The van der Waals surface area contributed by atoms with Crippen LogP contribution < -0.4 is 0 Å². The molecule has 29 heavy (non-hydrogen) atoms. The Kier molecular flexibility index (Phi) is 5.48. The van der Waals surface area contributed by atoms with E-state index < -0.39 is 35.0 Å². The van der Waals surface area contributed by atoms with Crippen molar-refractivity contribution in [2.24, 2.45) is 0 Å². The Bertz CT molecular complexity index is 1070. The van der Waals surface area contributed by atoms with Gasteiger partial charge in [0.25, 0.3) is 11.6 Å². The summed E-state index contributed by atoms with van der Waals surface area (Å²) in [6, 6.07) is 8.68. The highest BCUT2D eigenvalue weighted by Crippen LogP contribution is 2.39. The van der Waals surface area contributed by atoms with Crippen LogP contribution >= 0.6 is 11.8 Å². The second-order valence-corrected chi connectivity index (χ2v) is 6.85. The third kappa shape index (κ3) is 4.31. The number of hydrogen-bond donors (Lipinski definition) is 0. The highest BCUT2D eigenvalue weighted by molar-refractivity contribution is 7.98. The van der Waals surface area contributed by atoms with Crippen LogP contribution in [0.1, 0.15) is 26.5 Å². The number of ketones is 2. The summed E-state index contributed by atoms with van der Waals surface area (Å²) in [4.78, 5) is 23.6. The van der Waals surface area contributed by atoms with Crippen molar-refractivity contribution in [3.63, 3.8) is 0 Å². The second kappa shape index (κ2) is 7.58. The monoisotopic (exact) mass is 432 g/mol. The molecule has 10 heteroatoms. The van der Waals surface area contributed by atoms with Gasteiger partial charge in [-0.05, 0) is 29.0 Å². The lowest BCUT2D eigenvalue weighted by Crippen LogP contribution is -2.26. The lowest BCUT2D eigenvalue weighted by molar-refractivity contribution is -0.0888. The summed E-state index contributed by atoms with van der Waals surface area (Å²) in [5.41, 5.74) is -2.02. The predicted molar refractivity (Wildman–Crippen MR) is 93.0 cm³/mol. The molecule has 152 valence electrons. The zero-order valence-electron chi connectivity index (χ0n) is 14.2. The van der Waals surface area contributed by atoms with Gasteiger partial charge < -0.3 is 4.42 Å². The first-order valence-corrected chi connectivity index (χ1v) is 8.92. The molecule has 3 aromatic rings. The largest absolute Gasteiger partial charge is 0.468 e. The molecule has 0 saturated heterocycles. The van der Waals surface area contributed by atoms with Crippen LogP contribution in [-0.2, 0) is 5.75 Å². The summed E-state index contributed by atoms with van der Waals surface area (Å²) in [6.07, 6.45) is -9.30. The molecule has 0 bridgehead atoms. The number of alkyl halides is 6. The van der Waals surface area contributed by atoms with E-state index in [1.165, 1.54) is 30.5 Å². The van der Waals surface area contributed by atoms with Crippen LogP contribution in [0.15, 0.2) is 58.0 Å². The molecule has 0 aliphatic rings. The van der Waals surface area contributed by atoms with Gasteiger partial charge in [-0.15, -0.1) is 11.8 Å². The Morgan fingerprint density at radius 1 is 0.828 bits per heavy atom. The van der Waals surface area contributed by atoms with Crippen molar-refractivity contribution < 1.29 is 40.3 Å². The lowest BCUT2D eigenvalue weighted by Gasteiger charge is -2.17. The minimum absolute atomic E-state index is 0.0295. The van der Waals surface area contributed by atoms with Crippen LogP contribution in [0.3, 0.4) is 0 Å². The molecular formula is C19H10F6O3S. The zero-order chi connectivity index (χ0) is 21.4. The Morgan fingerprint density at radius 2 is 1.41 bits per heavy atom.